The van der Waals surface area contributed by atoms with E-state index in [2.05, 4.69) is 29.1 Å². The second-order valence-corrected chi connectivity index (χ2v) is 6.02. The third-order valence-corrected chi connectivity index (χ3v) is 4.77. The molecule has 108 valence electrons. The van der Waals surface area contributed by atoms with Gasteiger partial charge in [-0.3, -0.25) is 4.79 Å². The van der Waals surface area contributed by atoms with Crippen LogP contribution in [0.5, 0.6) is 0 Å². The maximum atomic E-state index is 11.4. The van der Waals surface area contributed by atoms with Gasteiger partial charge in [0.2, 0.25) is 0 Å². The normalized spacial score (nSPS) is 13.4. The summed E-state index contributed by atoms with van der Waals surface area (Å²) in [6.45, 7) is 6.59. The standard InChI is InChI=1S/C15H25NO2S/c1-4-15(5-2,14(17)18)11-16-12(3)6-7-13-8-9-19-10-13/h8-10,12,16H,4-7,11H2,1-3H3,(H,17,18). The zero-order valence-corrected chi connectivity index (χ0v) is 12.9. The minimum absolute atomic E-state index is 0.344. The van der Waals surface area contributed by atoms with E-state index in [1.165, 1.54) is 5.56 Å². The van der Waals surface area contributed by atoms with Crippen molar-refractivity contribution in [1.29, 1.82) is 0 Å². The van der Waals surface area contributed by atoms with Crippen LogP contribution in [0.3, 0.4) is 0 Å². The third kappa shape index (κ3) is 4.62. The number of rotatable bonds is 9. The number of aryl methyl sites for hydroxylation is 1. The van der Waals surface area contributed by atoms with Crippen LogP contribution in [0.2, 0.25) is 0 Å². The van der Waals surface area contributed by atoms with Crippen LogP contribution in [0.1, 0.15) is 45.6 Å². The molecule has 0 aliphatic heterocycles. The van der Waals surface area contributed by atoms with E-state index in [-0.39, 0.29) is 0 Å². The fraction of sp³-hybridized carbons (Fsp3) is 0.667. The zero-order valence-electron chi connectivity index (χ0n) is 12.1. The Morgan fingerprint density at radius 1 is 1.47 bits per heavy atom. The van der Waals surface area contributed by atoms with Crippen molar-refractivity contribution in [3.05, 3.63) is 22.4 Å². The average Bonchev–Trinajstić information content (AvgIpc) is 2.91. The molecule has 0 aliphatic carbocycles. The number of carbonyl (C=O) groups is 1. The first kappa shape index (κ1) is 16.2. The molecule has 2 N–H and O–H groups in total. The van der Waals surface area contributed by atoms with E-state index >= 15 is 0 Å². The second kappa shape index (κ2) is 7.65. The first-order valence-corrected chi connectivity index (χ1v) is 7.96. The highest BCUT2D eigenvalue weighted by Gasteiger charge is 2.34. The summed E-state index contributed by atoms with van der Waals surface area (Å²) in [6, 6.07) is 2.49. The molecule has 0 spiro atoms. The Morgan fingerprint density at radius 3 is 2.63 bits per heavy atom. The third-order valence-electron chi connectivity index (χ3n) is 4.04. The number of nitrogens with one attached hydrogen (secondary N) is 1. The molecular formula is C15H25NO2S. The average molecular weight is 283 g/mol. The fourth-order valence-corrected chi connectivity index (χ4v) is 2.87. The molecule has 0 aliphatic rings. The second-order valence-electron chi connectivity index (χ2n) is 5.24. The summed E-state index contributed by atoms with van der Waals surface area (Å²) in [5, 5.41) is 17.0. The van der Waals surface area contributed by atoms with E-state index in [9.17, 15) is 9.90 Å². The molecule has 0 radical (unpaired) electrons. The molecule has 19 heavy (non-hydrogen) atoms. The van der Waals surface area contributed by atoms with Gasteiger partial charge < -0.3 is 10.4 Å². The Kier molecular flexibility index (Phi) is 6.52. The maximum Gasteiger partial charge on any atom is 0.310 e. The number of hydrogen-bond donors (Lipinski definition) is 2. The van der Waals surface area contributed by atoms with Gasteiger partial charge >= 0.3 is 5.97 Å². The number of carboxylic acid groups (broad SMARTS) is 1. The van der Waals surface area contributed by atoms with Crippen LogP contribution in [0.15, 0.2) is 16.8 Å². The molecule has 1 heterocycles. The van der Waals surface area contributed by atoms with E-state index in [1.807, 2.05) is 13.8 Å². The van der Waals surface area contributed by atoms with Gasteiger partial charge in [-0.2, -0.15) is 11.3 Å². The van der Waals surface area contributed by atoms with Gasteiger partial charge in [-0.1, -0.05) is 13.8 Å². The molecule has 0 aromatic carbocycles. The van der Waals surface area contributed by atoms with Gasteiger partial charge in [-0.25, -0.2) is 0 Å². The molecule has 1 aromatic rings. The Bertz CT molecular complexity index is 372. The number of thiophene rings is 1. The highest BCUT2D eigenvalue weighted by Crippen LogP contribution is 2.26. The van der Waals surface area contributed by atoms with Gasteiger partial charge in [-0.05, 0) is 55.0 Å². The van der Waals surface area contributed by atoms with Crippen molar-refractivity contribution in [3.8, 4) is 0 Å². The summed E-state index contributed by atoms with van der Waals surface area (Å²) in [5.41, 5.74) is 0.755. The predicted molar refractivity (Wildman–Crippen MR) is 80.8 cm³/mol. The lowest BCUT2D eigenvalue weighted by atomic mass is 9.82. The topological polar surface area (TPSA) is 49.3 Å². The summed E-state index contributed by atoms with van der Waals surface area (Å²) in [6.07, 6.45) is 3.43. The van der Waals surface area contributed by atoms with Crippen LogP contribution in [0.4, 0.5) is 0 Å². The van der Waals surface area contributed by atoms with Crippen LogP contribution in [-0.4, -0.2) is 23.7 Å². The van der Waals surface area contributed by atoms with Gasteiger partial charge in [0, 0.05) is 12.6 Å². The van der Waals surface area contributed by atoms with Crippen molar-refractivity contribution in [1.82, 2.24) is 5.32 Å². The van der Waals surface area contributed by atoms with Gasteiger partial charge in [0.15, 0.2) is 0 Å². The summed E-state index contributed by atoms with van der Waals surface area (Å²) < 4.78 is 0. The number of aliphatic carboxylic acids is 1. The molecule has 0 amide bonds. The molecule has 0 fully saturated rings. The summed E-state index contributed by atoms with van der Waals surface area (Å²) in [4.78, 5) is 11.4. The van der Waals surface area contributed by atoms with Gasteiger partial charge in [0.1, 0.15) is 0 Å². The lowest BCUT2D eigenvalue weighted by Crippen LogP contribution is -2.43. The van der Waals surface area contributed by atoms with Crippen molar-refractivity contribution >= 4 is 17.3 Å². The van der Waals surface area contributed by atoms with Gasteiger partial charge in [0.25, 0.3) is 0 Å². The Balaban J connectivity index is 2.39. The summed E-state index contributed by atoms with van der Waals surface area (Å²) in [7, 11) is 0. The van der Waals surface area contributed by atoms with E-state index in [4.69, 9.17) is 0 Å². The zero-order chi connectivity index (χ0) is 14.3. The molecular weight excluding hydrogens is 258 g/mol. The molecule has 3 nitrogen and oxygen atoms in total. The lowest BCUT2D eigenvalue weighted by molar-refractivity contribution is -0.149. The van der Waals surface area contributed by atoms with Crippen molar-refractivity contribution < 1.29 is 9.90 Å². The minimum Gasteiger partial charge on any atom is -0.481 e. The van der Waals surface area contributed by atoms with Gasteiger partial charge in [-0.15, -0.1) is 0 Å². The molecule has 1 unspecified atom stereocenters. The number of carboxylic acids is 1. The summed E-state index contributed by atoms with van der Waals surface area (Å²) in [5.74, 6) is -0.685. The molecule has 0 saturated heterocycles. The Morgan fingerprint density at radius 2 is 2.16 bits per heavy atom. The van der Waals surface area contributed by atoms with Crippen LogP contribution in [0, 0.1) is 5.41 Å². The maximum absolute atomic E-state index is 11.4. The quantitative estimate of drug-likeness (QED) is 0.728. The van der Waals surface area contributed by atoms with Crippen LogP contribution in [0.25, 0.3) is 0 Å². The largest absolute Gasteiger partial charge is 0.481 e. The van der Waals surface area contributed by atoms with Crippen molar-refractivity contribution in [3.63, 3.8) is 0 Å². The molecule has 1 atom stereocenters. The molecule has 0 bridgehead atoms. The van der Waals surface area contributed by atoms with E-state index in [0.717, 1.165) is 12.8 Å². The Labute approximate surface area is 120 Å². The minimum atomic E-state index is -0.685. The van der Waals surface area contributed by atoms with E-state index in [1.54, 1.807) is 11.3 Å². The number of hydrogen-bond acceptors (Lipinski definition) is 3. The van der Waals surface area contributed by atoms with Crippen molar-refractivity contribution in [2.24, 2.45) is 5.41 Å². The molecule has 0 saturated carbocycles. The van der Waals surface area contributed by atoms with Crippen LogP contribution < -0.4 is 5.32 Å². The van der Waals surface area contributed by atoms with Gasteiger partial charge in [0.05, 0.1) is 5.41 Å². The van der Waals surface area contributed by atoms with Crippen LogP contribution >= 0.6 is 11.3 Å². The van der Waals surface area contributed by atoms with Crippen molar-refractivity contribution in [2.45, 2.75) is 52.5 Å². The molecule has 1 aromatic heterocycles. The Hall–Kier alpha value is -0.870. The predicted octanol–water partition coefficient (Wildman–Crippen LogP) is 3.55. The van der Waals surface area contributed by atoms with Crippen LogP contribution in [-0.2, 0) is 11.2 Å². The van der Waals surface area contributed by atoms with E-state index < -0.39 is 11.4 Å². The first-order valence-electron chi connectivity index (χ1n) is 7.02. The highest BCUT2D eigenvalue weighted by molar-refractivity contribution is 7.07. The van der Waals surface area contributed by atoms with E-state index in [0.29, 0.717) is 25.4 Å². The molecule has 1 rings (SSSR count). The highest BCUT2D eigenvalue weighted by atomic mass is 32.1. The smallest absolute Gasteiger partial charge is 0.310 e. The SMILES string of the molecule is CCC(CC)(CNC(C)CCc1ccsc1)C(=O)O. The van der Waals surface area contributed by atoms with Crippen molar-refractivity contribution in [2.75, 3.05) is 6.54 Å². The lowest BCUT2D eigenvalue weighted by Gasteiger charge is -2.28. The first-order chi connectivity index (χ1) is 9.04. The fourth-order valence-electron chi connectivity index (χ4n) is 2.17. The summed E-state index contributed by atoms with van der Waals surface area (Å²) >= 11 is 1.72. The molecule has 4 heteroatoms. The monoisotopic (exact) mass is 283 g/mol.